The number of hydrogen-bond acceptors (Lipinski definition) is 2. The number of amides is 1. The third-order valence-corrected chi connectivity index (χ3v) is 4.08. The summed E-state index contributed by atoms with van der Waals surface area (Å²) in [6, 6.07) is 15.2. The first-order chi connectivity index (χ1) is 11.5. The van der Waals surface area contributed by atoms with Gasteiger partial charge in [0, 0.05) is 11.3 Å². The Morgan fingerprint density at radius 2 is 1.96 bits per heavy atom. The molecule has 3 rings (SSSR count). The molecule has 24 heavy (non-hydrogen) atoms. The van der Waals surface area contributed by atoms with E-state index in [1.54, 1.807) is 19.1 Å². The second kappa shape index (κ2) is 6.79. The molecule has 1 N–H and O–H groups in total. The van der Waals surface area contributed by atoms with Gasteiger partial charge < -0.3 is 5.32 Å². The van der Waals surface area contributed by atoms with E-state index < -0.39 is 0 Å². The molecule has 3 aromatic rings. The maximum Gasteiger partial charge on any atom is 0.227 e. The van der Waals surface area contributed by atoms with Crippen LogP contribution in [0.25, 0.3) is 10.9 Å². The van der Waals surface area contributed by atoms with E-state index >= 15 is 0 Å². The molecule has 4 heteroatoms. The Morgan fingerprint density at radius 3 is 2.71 bits per heavy atom. The molecule has 0 aliphatic carbocycles. The summed E-state index contributed by atoms with van der Waals surface area (Å²) in [6.45, 7) is 3.59. The molecule has 0 saturated heterocycles. The van der Waals surface area contributed by atoms with Crippen LogP contribution in [0, 0.1) is 18.7 Å². The number of fused-ring (bicyclic) bond motifs is 1. The molecule has 1 amide bonds. The van der Waals surface area contributed by atoms with Gasteiger partial charge in [-0.2, -0.15) is 0 Å². The number of carbonyl (C=O) groups is 1. The predicted octanol–water partition coefficient (Wildman–Crippen LogP) is 4.50. The van der Waals surface area contributed by atoms with E-state index in [1.165, 1.54) is 6.20 Å². The third kappa shape index (κ3) is 3.43. The highest BCUT2D eigenvalue weighted by Crippen LogP contribution is 2.22. The Morgan fingerprint density at radius 1 is 1.21 bits per heavy atom. The van der Waals surface area contributed by atoms with Crippen LogP contribution in [0.15, 0.2) is 54.7 Å². The molecule has 0 aliphatic heterocycles. The summed E-state index contributed by atoms with van der Waals surface area (Å²) in [4.78, 5) is 16.5. The number of pyridine rings is 1. The number of nitrogens with zero attached hydrogens (tertiary/aromatic N) is 1. The molecule has 0 spiro atoms. The summed E-state index contributed by atoms with van der Waals surface area (Å²) >= 11 is 0. The molecule has 1 aromatic heterocycles. The lowest BCUT2D eigenvalue weighted by molar-refractivity contribution is -0.119. The average molecular weight is 322 g/mol. The lowest BCUT2D eigenvalue weighted by Gasteiger charge is -2.13. The molecular formula is C20H19FN2O. The fraction of sp³-hybridized carbons (Fsp3) is 0.200. The van der Waals surface area contributed by atoms with Crippen LogP contribution in [0.5, 0.6) is 0 Å². The van der Waals surface area contributed by atoms with Crippen molar-refractivity contribution in [3.05, 3.63) is 71.7 Å². The quantitative estimate of drug-likeness (QED) is 0.768. The van der Waals surface area contributed by atoms with Gasteiger partial charge in [-0.05, 0) is 30.5 Å². The summed E-state index contributed by atoms with van der Waals surface area (Å²) in [5, 5.41) is 3.54. The van der Waals surface area contributed by atoms with E-state index in [0.29, 0.717) is 28.6 Å². The van der Waals surface area contributed by atoms with Crippen LogP contribution in [-0.2, 0) is 11.2 Å². The standard InChI is InChI=1S/C20H19FN2O/c1-13-8-9-16-11-17(12-22-19(16)18(13)21)23-20(24)14(2)10-15-6-4-3-5-7-15/h3-9,11-12,14H,10H2,1-2H3,(H,23,24). The number of anilines is 1. The molecule has 3 nitrogen and oxygen atoms in total. The number of nitrogens with one attached hydrogen (secondary N) is 1. The van der Waals surface area contributed by atoms with Crippen LogP contribution < -0.4 is 5.32 Å². The van der Waals surface area contributed by atoms with Crippen molar-refractivity contribution < 1.29 is 9.18 Å². The van der Waals surface area contributed by atoms with E-state index in [1.807, 2.05) is 43.3 Å². The second-order valence-electron chi connectivity index (χ2n) is 6.07. The van der Waals surface area contributed by atoms with Crippen LogP contribution >= 0.6 is 0 Å². The first-order valence-corrected chi connectivity index (χ1v) is 7.94. The van der Waals surface area contributed by atoms with E-state index in [2.05, 4.69) is 10.3 Å². The Labute approximate surface area is 140 Å². The van der Waals surface area contributed by atoms with Crippen molar-refractivity contribution in [1.82, 2.24) is 4.98 Å². The van der Waals surface area contributed by atoms with Crippen molar-refractivity contribution in [3.8, 4) is 0 Å². The number of hydrogen-bond donors (Lipinski definition) is 1. The van der Waals surface area contributed by atoms with Crippen molar-refractivity contribution in [2.45, 2.75) is 20.3 Å². The van der Waals surface area contributed by atoms with Gasteiger partial charge in [0.15, 0.2) is 5.82 Å². The lowest BCUT2D eigenvalue weighted by atomic mass is 10.0. The van der Waals surface area contributed by atoms with Crippen LogP contribution in [-0.4, -0.2) is 10.9 Å². The monoisotopic (exact) mass is 322 g/mol. The zero-order valence-corrected chi connectivity index (χ0v) is 13.7. The Kier molecular flexibility index (Phi) is 4.56. The van der Waals surface area contributed by atoms with Gasteiger partial charge in [-0.15, -0.1) is 0 Å². The fourth-order valence-electron chi connectivity index (χ4n) is 2.66. The van der Waals surface area contributed by atoms with Crippen LogP contribution in [0.2, 0.25) is 0 Å². The van der Waals surface area contributed by atoms with Gasteiger partial charge in [-0.25, -0.2) is 4.39 Å². The van der Waals surface area contributed by atoms with Gasteiger partial charge in [0.05, 0.1) is 11.9 Å². The average Bonchev–Trinajstić information content (AvgIpc) is 2.59. The van der Waals surface area contributed by atoms with Gasteiger partial charge >= 0.3 is 0 Å². The maximum atomic E-state index is 14.0. The summed E-state index contributed by atoms with van der Waals surface area (Å²) in [7, 11) is 0. The van der Waals surface area contributed by atoms with Crippen molar-refractivity contribution in [3.63, 3.8) is 0 Å². The smallest absolute Gasteiger partial charge is 0.227 e. The molecule has 0 fully saturated rings. The highest BCUT2D eigenvalue weighted by atomic mass is 19.1. The molecular weight excluding hydrogens is 303 g/mol. The number of rotatable bonds is 4. The number of benzene rings is 2. The molecule has 0 radical (unpaired) electrons. The summed E-state index contributed by atoms with van der Waals surface area (Å²) in [5.74, 6) is -0.562. The minimum Gasteiger partial charge on any atom is -0.324 e. The minimum atomic E-state index is -0.317. The molecule has 0 bridgehead atoms. The summed E-state index contributed by atoms with van der Waals surface area (Å²) in [5.41, 5.74) is 2.58. The first kappa shape index (κ1) is 16.1. The van der Waals surface area contributed by atoms with Gasteiger partial charge in [0.2, 0.25) is 5.91 Å². The Bertz CT molecular complexity index is 877. The lowest BCUT2D eigenvalue weighted by Crippen LogP contribution is -2.22. The Hall–Kier alpha value is -2.75. The molecule has 0 saturated carbocycles. The number of halogens is 1. The van der Waals surface area contributed by atoms with Gasteiger partial charge in [0.1, 0.15) is 5.52 Å². The molecule has 1 atom stereocenters. The normalized spacial score (nSPS) is 12.1. The topological polar surface area (TPSA) is 42.0 Å². The highest BCUT2D eigenvalue weighted by Gasteiger charge is 2.14. The van der Waals surface area contributed by atoms with E-state index in [4.69, 9.17) is 0 Å². The molecule has 1 unspecified atom stereocenters. The Balaban J connectivity index is 1.74. The predicted molar refractivity (Wildman–Crippen MR) is 94.4 cm³/mol. The van der Waals surface area contributed by atoms with Crippen molar-refractivity contribution in [2.75, 3.05) is 5.32 Å². The second-order valence-corrected chi connectivity index (χ2v) is 6.07. The molecule has 0 aliphatic rings. The number of carbonyl (C=O) groups excluding carboxylic acids is 1. The fourth-order valence-corrected chi connectivity index (χ4v) is 2.66. The van der Waals surface area contributed by atoms with Gasteiger partial charge in [0.25, 0.3) is 0 Å². The maximum absolute atomic E-state index is 14.0. The molecule has 1 heterocycles. The van der Waals surface area contributed by atoms with E-state index in [9.17, 15) is 9.18 Å². The van der Waals surface area contributed by atoms with Crippen molar-refractivity contribution in [1.29, 1.82) is 0 Å². The molecule has 2 aromatic carbocycles. The largest absolute Gasteiger partial charge is 0.324 e. The van der Waals surface area contributed by atoms with Gasteiger partial charge in [-0.1, -0.05) is 49.4 Å². The van der Waals surface area contributed by atoms with Crippen LogP contribution in [0.1, 0.15) is 18.1 Å². The summed E-state index contributed by atoms with van der Waals surface area (Å²) < 4.78 is 14.0. The van der Waals surface area contributed by atoms with Crippen molar-refractivity contribution in [2.24, 2.45) is 5.92 Å². The number of aromatic nitrogens is 1. The first-order valence-electron chi connectivity index (χ1n) is 7.94. The van der Waals surface area contributed by atoms with Crippen LogP contribution in [0.4, 0.5) is 10.1 Å². The highest BCUT2D eigenvalue weighted by molar-refractivity contribution is 5.94. The van der Waals surface area contributed by atoms with E-state index in [0.717, 1.165) is 5.56 Å². The minimum absolute atomic E-state index is 0.0763. The number of aryl methyl sites for hydroxylation is 1. The van der Waals surface area contributed by atoms with E-state index in [-0.39, 0.29) is 17.6 Å². The molecule has 122 valence electrons. The van der Waals surface area contributed by atoms with Gasteiger partial charge in [-0.3, -0.25) is 9.78 Å². The SMILES string of the molecule is Cc1ccc2cc(NC(=O)C(C)Cc3ccccc3)cnc2c1F. The zero-order valence-electron chi connectivity index (χ0n) is 13.7. The van der Waals surface area contributed by atoms with Crippen molar-refractivity contribution >= 4 is 22.5 Å². The third-order valence-electron chi connectivity index (χ3n) is 4.08. The summed E-state index contributed by atoms with van der Waals surface area (Å²) in [6.07, 6.45) is 2.17. The zero-order chi connectivity index (χ0) is 17.1. The van der Waals surface area contributed by atoms with Crippen LogP contribution in [0.3, 0.4) is 0 Å².